The van der Waals surface area contributed by atoms with Gasteiger partial charge in [0, 0.05) is 26.2 Å². The minimum atomic E-state index is -0.726. The first-order valence-corrected chi connectivity index (χ1v) is 12.7. The van der Waals surface area contributed by atoms with Crippen molar-refractivity contribution >= 4 is 34.7 Å². The largest absolute Gasteiger partial charge is 0.481 e. The molecule has 3 N–H and O–H groups in total. The molecule has 202 valence electrons. The lowest BCUT2D eigenvalue weighted by Gasteiger charge is -2.51. The molecule has 2 bridgehead atoms. The first-order chi connectivity index (χ1) is 18.7. The van der Waals surface area contributed by atoms with Crippen LogP contribution < -0.4 is 16.4 Å². The third kappa shape index (κ3) is 4.21. The molecule has 7 rings (SSSR count). The highest BCUT2D eigenvalue weighted by Gasteiger charge is 2.52. The zero-order valence-electron chi connectivity index (χ0n) is 21.1. The molecule has 3 fully saturated rings. The van der Waals surface area contributed by atoms with Gasteiger partial charge >= 0.3 is 11.7 Å². The summed E-state index contributed by atoms with van der Waals surface area (Å²) in [6, 6.07) is 6.48. The van der Waals surface area contributed by atoms with E-state index in [2.05, 4.69) is 31.1 Å². The second kappa shape index (κ2) is 8.99. The summed E-state index contributed by atoms with van der Waals surface area (Å²) < 4.78 is 7.68. The van der Waals surface area contributed by atoms with Crippen LogP contribution in [0.5, 0.6) is 0 Å². The number of rotatable bonds is 7. The van der Waals surface area contributed by atoms with Gasteiger partial charge in [-0.25, -0.2) is 9.78 Å². The van der Waals surface area contributed by atoms with E-state index >= 15 is 0 Å². The lowest BCUT2D eigenvalue weighted by atomic mass is 9.53. The van der Waals surface area contributed by atoms with Gasteiger partial charge in [0.1, 0.15) is 11.4 Å². The predicted octanol–water partition coefficient (Wildman–Crippen LogP) is 1.05. The maximum atomic E-state index is 13.2. The molecule has 3 aromatic heterocycles. The summed E-state index contributed by atoms with van der Waals surface area (Å²) in [5.41, 5.74) is 1.05. The Labute approximate surface area is 220 Å². The summed E-state index contributed by atoms with van der Waals surface area (Å²) in [7, 11) is 1.60. The number of amides is 2. The van der Waals surface area contributed by atoms with E-state index in [0.717, 1.165) is 24.8 Å². The van der Waals surface area contributed by atoms with E-state index < -0.39 is 29.0 Å². The summed E-state index contributed by atoms with van der Waals surface area (Å²) in [4.78, 5) is 53.9. The molecular weight excluding hydrogens is 508 g/mol. The van der Waals surface area contributed by atoms with Gasteiger partial charge < -0.3 is 20.2 Å². The van der Waals surface area contributed by atoms with Crippen LogP contribution in [-0.2, 0) is 18.4 Å². The van der Waals surface area contributed by atoms with Crippen LogP contribution in [0, 0.1) is 10.8 Å². The van der Waals surface area contributed by atoms with Crippen LogP contribution >= 0.6 is 0 Å². The fraction of sp³-hybridized carbons (Fsp3) is 0.440. The Balaban J connectivity index is 1.16. The summed E-state index contributed by atoms with van der Waals surface area (Å²) in [6.45, 7) is 0.543. The van der Waals surface area contributed by atoms with E-state index in [-0.39, 0.29) is 29.1 Å². The Morgan fingerprint density at radius 2 is 1.79 bits per heavy atom. The van der Waals surface area contributed by atoms with Crippen LogP contribution in [0.4, 0.5) is 0 Å². The number of aryl methyl sites for hydroxylation is 1. The molecule has 4 aromatic rings. The van der Waals surface area contributed by atoms with Crippen molar-refractivity contribution in [1.29, 1.82) is 0 Å². The first-order valence-electron chi connectivity index (χ1n) is 12.7. The number of aromatic nitrogens is 6. The monoisotopic (exact) mass is 534 g/mol. The maximum absolute atomic E-state index is 13.2. The van der Waals surface area contributed by atoms with Crippen LogP contribution in [0.2, 0.25) is 0 Å². The number of carboxylic acid groups (broad SMARTS) is 1. The molecule has 0 atom stereocenters. The van der Waals surface area contributed by atoms with E-state index in [9.17, 15) is 24.3 Å². The van der Waals surface area contributed by atoms with Gasteiger partial charge in [-0.3, -0.25) is 19.0 Å². The Morgan fingerprint density at radius 1 is 1.05 bits per heavy atom. The van der Waals surface area contributed by atoms with Gasteiger partial charge in [-0.1, -0.05) is 11.2 Å². The molecular formula is C25H26N8O6. The Bertz CT molecular complexity index is 1680. The zero-order chi connectivity index (χ0) is 27.4. The normalized spacial score (nSPS) is 22.3. The van der Waals surface area contributed by atoms with Crippen LogP contribution in [0.25, 0.3) is 16.9 Å². The van der Waals surface area contributed by atoms with Crippen molar-refractivity contribution in [2.45, 2.75) is 45.1 Å². The molecule has 0 saturated heterocycles. The number of nitrogens with one attached hydrogen (secondary N) is 2. The van der Waals surface area contributed by atoms with E-state index in [4.69, 9.17) is 4.42 Å². The molecule has 14 heteroatoms. The van der Waals surface area contributed by atoms with Crippen molar-refractivity contribution in [3.8, 4) is 0 Å². The highest BCUT2D eigenvalue weighted by molar-refractivity contribution is 5.98. The number of hydrogen-bond donors (Lipinski definition) is 3. The van der Waals surface area contributed by atoms with Gasteiger partial charge in [0.25, 0.3) is 17.6 Å². The molecule has 0 radical (unpaired) electrons. The van der Waals surface area contributed by atoms with E-state index in [1.807, 2.05) is 0 Å². The number of hydrogen-bond acceptors (Lipinski definition) is 9. The summed E-state index contributed by atoms with van der Waals surface area (Å²) in [6.07, 6.45) is 4.05. The maximum Gasteiger partial charge on any atom is 0.419 e. The van der Waals surface area contributed by atoms with Gasteiger partial charge in [0.05, 0.1) is 10.9 Å². The fourth-order valence-electron chi connectivity index (χ4n) is 5.78. The van der Waals surface area contributed by atoms with Gasteiger partial charge in [0.15, 0.2) is 5.58 Å². The standard InChI is InChI=1S/C25H26N8O6/c1-32-16-10-14(2-3-18(16)39-23(32)38)12-26-19(34)15-11-17(33-22(28-15)29-30-31-33)20(35)27-13-24-4-7-25(8-5-24,9-6-24)21(36)37/h2-3,10-11H,4-9,12-13H2,1H3,(H,26,34)(H,27,35)(H,36,37). The van der Waals surface area contributed by atoms with Crippen LogP contribution in [-0.4, -0.2) is 59.0 Å². The average molecular weight is 535 g/mol. The Hall–Kier alpha value is -4.62. The topological polar surface area (TPSA) is 187 Å². The van der Waals surface area contributed by atoms with Crippen molar-refractivity contribution in [1.82, 2.24) is 40.2 Å². The van der Waals surface area contributed by atoms with Gasteiger partial charge in [0.2, 0.25) is 0 Å². The van der Waals surface area contributed by atoms with E-state index in [0.29, 0.717) is 36.9 Å². The summed E-state index contributed by atoms with van der Waals surface area (Å²) in [5, 5.41) is 26.6. The van der Waals surface area contributed by atoms with Gasteiger partial charge in [-0.15, -0.1) is 0 Å². The molecule has 3 saturated carbocycles. The van der Waals surface area contributed by atoms with Crippen molar-refractivity contribution in [2.75, 3.05) is 6.54 Å². The van der Waals surface area contributed by atoms with E-state index in [1.165, 1.54) is 15.1 Å². The Kier molecular flexibility index (Phi) is 5.70. The van der Waals surface area contributed by atoms with Crippen molar-refractivity contribution in [2.24, 2.45) is 17.9 Å². The molecule has 0 spiro atoms. The number of benzene rings is 1. The minimum Gasteiger partial charge on any atom is -0.481 e. The van der Waals surface area contributed by atoms with Crippen molar-refractivity contribution < 1.29 is 23.9 Å². The Morgan fingerprint density at radius 3 is 2.51 bits per heavy atom. The highest BCUT2D eigenvalue weighted by atomic mass is 16.4. The molecule has 0 unspecified atom stereocenters. The number of aliphatic carboxylic acids is 1. The van der Waals surface area contributed by atoms with Crippen molar-refractivity contribution in [3.05, 3.63) is 51.8 Å². The molecule has 2 amide bonds. The third-order valence-electron chi connectivity index (χ3n) is 8.43. The summed E-state index contributed by atoms with van der Waals surface area (Å²) >= 11 is 0. The molecule has 39 heavy (non-hydrogen) atoms. The minimum absolute atomic E-state index is 0.00218. The van der Waals surface area contributed by atoms with Gasteiger partial charge in [-0.2, -0.15) is 4.52 Å². The SMILES string of the molecule is Cn1c(=O)oc2ccc(CNC(=O)c3cc(C(=O)NCC45CCC(C(=O)O)(CC4)CC5)n4nnnc4n3)cc21. The lowest BCUT2D eigenvalue weighted by molar-refractivity contribution is -0.158. The molecule has 1 aromatic carbocycles. The molecule has 14 nitrogen and oxygen atoms in total. The number of oxazole rings is 1. The zero-order valence-corrected chi connectivity index (χ0v) is 21.1. The molecule has 3 aliphatic rings. The summed E-state index contributed by atoms with van der Waals surface area (Å²) in [5.74, 6) is -2.18. The predicted molar refractivity (Wildman–Crippen MR) is 134 cm³/mol. The number of tetrazole rings is 1. The van der Waals surface area contributed by atoms with E-state index in [1.54, 1.807) is 25.2 Å². The number of fused-ring (bicyclic) bond motifs is 5. The quantitative estimate of drug-likeness (QED) is 0.309. The number of carboxylic acids is 1. The van der Waals surface area contributed by atoms with Gasteiger partial charge in [-0.05, 0) is 72.1 Å². The average Bonchev–Trinajstić information content (AvgIpc) is 3.54. The lowest BCUT2D eigenvalue weighted by Crippen LogP contribution is -2.50. The third-order valence-corrected chi connectivity index (χ3v) is 8.43. The fourth-order valence-corrected chi connectivity index (χ4v) is 5.78. The number of carbonyl (C=O) groups is 3. The molecule has 3 aliphatic carbocycles. The highest BCUT2D eigenvalue weighted by Crippen LogP contribution is 2.56. The second-order valence-electron chi connectivity index (χ2n) is 10.6. The number of carbonyl (C=O) groups excluding carboxylic acids is 2. The molecule has 3 heterocycles. The second-order valence-corrected chi connectivity index (χ2v) is 10.6. The van der Waals surface area contributed by atoms with Crippen LogP contribution in [0.15, 0.2) is 33.5 Å². The number of nitrogens with zero attached hydrogens (tertiary/aromatic N) is 6. The smallest absolute Gasteiger partial charge is 0.419 e. The van der Waals surface area contributed by atoms with Crippen LogP contribution in [0.3, 0.4) is 0 Å². The molecule has 0 aliphatic heterocycles. The first kappa shape index (κ1) is 24.7. The van der Waals surface area contributed by atoms with Crippen LogP contribution in [0.1, 0.15) is 65.1 Å². The van der Waals surface area contributed by atoms with Crippen molar-refractivity contribution in [3.63, 3.8) is 0 Å².